The number of halogens is 1. The number of hydrogen-bond acceptors (Lipinski definition) is 1. The molecule has 2 atom stereocenters. The molecule has 0 aromatic carbocycles. The second kappa shape index (κ2) is 8.58. The van der Waals surface area contributed by atoms with Crippen LogP contribution in [-0.4, -0.2) is 17.5 Å². The van der Waals surface area contributed by atoms with Crippen LogP contribution >= 0.6 is 15.9 Å². The first-order chi connectivity index (χ1) is 8.86. The molecule has 2 aliphatic rings. The van der Waals surface area contributed by atoms with Crippen LogP contribution in [0.25, 0.3) is 0 Å². The van der Waals surface area contributed by atoms with Gasteiger partial charge in [0.05, 0.1) is 6.10 Å². The summed E-state index contributed by atoms with van der Waals surface area (Å²) in [4.78, 5) is 0.601. The highest BCUT2D eigenvalue weighted by Crippen LogP contribution is 2.28. The van der Waals surface area contributed by atoms with E-state index in [1.165, 1.54) is 77.0 Å². The smallest absolute Gasteiger partial charge is 0.0700 e. The van der Waals surface area contributed by atoms with Gasteiger partial charge in [-0.3, -0.25) is 0 Å². The van der Waals surface area contributed by atoms with Crippen LogP contribution < -0.4 is 0 Å². The summed E-state index contributed by atoms with van der Waals surface area (Å²) in [6.07, 6.45) is 17.2. The SMILES string of the molecule is BrC1CCCCCCC1OCC1CCCCCC1. The minimum atomic E-state index is 0.480. The van der Waals surface area contributed by atoms with Gasteiger partial charge in [-0.1, -0.05) is 67.3 Å². The van der Waals surface area contributed by atoms with Crippen LogP contribution in [0.3, 0.4) is 0 Å². The molecule has 2 saturated carbocycles. The molecule has 0 N–H and O–H groups in total. The molecule has 0 heterocycles. The second-order valence-corrected chi connectivity index (χ2v) is 7.41. The summed E-state index contributed by atoms with van der Waals surface area (Å²) in [5.41, 5.74) is 0. The van der Waals surface area contributed by atoms with Crippen molar-refractivity contribution in [3.05, 3.63) is 0 Å². The van der Waals surface area contributed by atoms with E-state index in [0.717, 1.165) is 12.5 Å². The van der Waals surface area contributed by atoms with Crippen molar-refractivity contribution in [1.82, 2.24) is 0 Å². The fourth-order valence-electron chi connectivity index (χ4n) is 3.38. The zero-order valence-electron chi connectivity index (χ0n) is 11.7. The molecule has 1 nitrogen and oxygen atoms in total. The van der Waals surface area contributed by atoms with Crippen molar-refractivity contribution < 1.29 is 4.74 Å². The van der Waals surface area contributed by atoms with Gasteiger partial charge in [0.25, 0.3) is 0 Å². The number of ether oxygens (including phenoxy) is 1. The monoisotopic (exact) mass is 316 g/mol. The quantitative estimate of drug-likeness (QED) is 0.496. The Bertz CT molecular complexity index is 211. The van der Waals surface area contributed by atoms with Crippen LogP contribution in [-0.2, 0) is 4.74 Å². The Morgan fingerprint density at radius 1 is 0.722 bits per heavy atom. The average molecular weight is 317 g/mol. The maximum Gasteiger partial charge on any atom is 0.0700 e. The van der Waals surface area contributed by atoms with Crippen LogP contribution in [0.1, 0.15) is 77.0 Å². The van der Waals surface area contributed by atoms with Crippen molar-refractivity contribution in [2.45, 2.75) is 88.0 Å². The van der Waals surface area contributed by atoms with E-state index in [-0.39, 0.29) is 0 Å². The molecule has 0 saturated heterocycles. The minimum absolute atomic E-state index is 0.480. The highest BCUT2D eigenvalue weighted by atomic mass is 79.9. The van der Waals surface area contributed by atoms with E-state index in [2.05, 4.69) is 15.9 Å². The molecule has 0 aliphatic heterocycles. The molecule has 2 rings (SSSR count). The van der Waals surface area contributed by atoms with Crippen molar-refractivity contribution in [2.75, 3.05) is 6.61 Å². The molecule has 2 fully saturated rings. The zero-order valence-corrected chi connectivity index (χ0v) is 13.3. The molecule has 0 aromatic rings. The normalized spacial score (nSPS) is 32.5. The van der Waals surface area contributed by atoms with Gasteiger partial charge in [0.2, 0.25) is 0 Å². The topological polar surface area (TPSA) is 9.23 Å². The second-order valence-electron chi connectivity index (χ2n) is 6.24. The van der Waals surface area contributed by atoms with Gasteiger partial charge in [0, 0.05) is 11.4 Å². The lowest BCUT2D eigenvalue weighted by atomic mass is 9.97. The molecule has 0 bridgehead atoms. The number of alkyl halides is 1. The standard InChI is InChI=1S/C16H29BrO/c17-15-11-7-3-4-8-12-16(15)18-13-14-9-5-1-2-6-10-14/h14-16H,1-13H2. The largest absolute Gasteiger partial charge is 0.377 e. The summed E-state index contributed by atoms with van der Waals surface area (Å²) in [7, 11) is 0. The van der Waals surface area contributed by atoms with Gasteiger partial charge in [0.15, 0.2) is 0 Å². The molecule has 18 heavy (non-hydrogen) atoms. The summed E-state index contributed by atoms with van der Waals surface area (Å²) < 4.78 is 6.28. The van der Waals surface area contributed by atoms with Crippen molar-refractivity contribution >= 4 is 15.9 Å². The van der Waals surface area contributed by atoms with E-state index >= 15 is 0 Å². The summed E-state index contributed by atoms with van der Waals surface area (Å²) in [6, 6.07) is 0. The van der Waals surface area contributed by atoms with E-state index in [1.54, 1.807) is 0 Å². The van der Waals surface area contributed by atoms with Crippen molar-refractivity contribution in [2.24, 2.45) is 5.92 Å². The Morgan fingerprint density at radius 2 is 1.28 bits per heavy atom. The van der Waals surface area contributed by atoms with Gasteiger partial charge in [-0.2, -0.15) is 0 Å². The molecular formula is C16H29BrO. The van der Waals surface area contributed by atoms with E-state index in [4.69, 9.17) is 4.74 Å². The Balaban J connectivity index is 1.72. The summed E-state index contributed by atoms with van der Waals surface area (Å²) in [5.74, 6) is 0.845. The zero-order chi connectivity index (χ0) is 12.6. The highest BCUT2D eigenvalue weighted by Gasteiger charge is 2.22. The first kappa shape index (κ1) is 14.8. The lowest BCUT2D eigenvalue weighted by Gasteiger charge is -2.27. The van der Waals surface area contributed by atoms with Crippen LogP contribution in [0, 0.1) is 5.92 Å². The van der Waals surface area contributed by atoms with Gasteiger partial charge in [-0.25, -0.2) is 0 Å². The Labute approximate surface area is 121 Å². The fraction of sp³-hybridized carbons (Fsp3) is 1.00. The van der Waals surface area contributed by atoms with E-state index in [1.807, 2.05) is 0 Å². The minimum Gasteiger partial charge on any atom is -0.377 e. The van der Waals surface area contributed by atoms with E-state index in [0.29, 0.717) is 10.9 Å². The molecule has 2 aliphatic carbocycles. The maximum absolute atomic E-state index is 6.28. The molecule has 2 unspecified atom stereocenters. The Kier molecular flexibility index (Phi) is 7.07. The first-order valence-corrected chi connectivity index (χ1v) is 9.03. The van der Waals surface area contributed by atoms with Gasteiger partial charge in [-0.15, -0.1) is 0 Å². The lowest BCUT2D eigenvalue weighted by molar-refractivity contribution is 0.0159. The predicted molar refractivity (Wildman–Crippen MR) is 81.3 cm³/mol. The predicted octanol–water partition coefficient (Wildman–Crippen LogP) is 5.46. The molecule has 0 spiro atoms. The highest BCUT2D eigenvalue weighted by molar-refractivity contribution is 9.09. The Morgan fingerprint density at radius 3 is 1.94 bits per heavy atom. The summed E-state index contributed by atoms with van der Waals surface area (Å²) >= 11 is 3.85. The Hall–Kier alpha value is 0.440. The van der Waals surface area contributed by atoms with Crippen molar-refractivity contribution in [3.63, 3.8) is 0 Å². The van der Waals surface area contributed by atoms with Crippen molar-refractivity contribution in [1.29, 1.82) is 0 Å². The number of hydrogen-bond donors (Lipinski definition) is 0. The number of rotatable bonds is 3. The van der Waals surface area contributed by atoms with Crippen LogP contribution in [0.2, 0.25) is 0 Å². The third-order valence-corrected chi connectivity index (χ3v) is 5.69. The van der Waals surface area contributed by atoms with Gasteiger partial charge in [-0.05, 0) is 31.6 Å². The lowest BCUT2D eigenvalue weighted by Crippen LogP contribution is -2.28. The van der Waals surface area contributed by atoms with Crippen LogP contribution in [0.4, 0.5) is 0 Å². The van der Waals surface area contributed by atoms with Crippen LogP contribution in [0.15, 0.2) is 0 Å². The third kappa shape index (κ3) is 5.21. The van der Waals surface area contributed by atoms with Gasteiger partial charge >= 0.3 is 0 Å². The summed E-state index contributed by atoms with van der Waals surface area (Å²) in [5, 5.41) is 0. The van der Waals surface area contributed by atoms with Crippen molar-refractivity contribution in [3.8, 4) is 0 Å². The molecule has 0 radical (unpaired) electrons. The molecule has 2 heteroatoms. The molecular weight excluding hydrogens is 288 g/mol. The maximum atomic E-state index is 6.28. The van der Waals surface area contributed by atoms with Gasteiger partial charge < -0.3 is 4.74 Å². The van der Waals surface area contributed by atoms with Crippen LogP contribution in [0.5, 0.6) is 0 Å². The average Bonchev–Trinajstić information content (AvgIpc) is 2.62. The summed E-state index contributed by atoms with van der Waals surface area (Å²) in [6.45, 7) is 1.02. The molecule has 0 aromatic heterocycles. The van der Waals surface area contributed by atoms with Gasteiger partial charge in [0.1, 0.15) is 0 Å². The molecule has 106 valence electrons. The van der Waals surface area contributed by atoms with E-state index in [9.17, 15) is 0 Å². The third-order valence-electron chi connectivity index (χ3n) is 4.64. The fourth-order valence-corrected chi connectivity index (χ4v) is 4.12. The molecule has 0 amide bonds. The van der Waals surface area contributed by atoms with E-state index < -0.39 is 0 Å². The first-order valence-electron chi connectivity index (χ1n) is 8.12.